The van der Waals surface area contributed by atoms with E-state index in [-0.39, 0.29) is 5.78 Å². The van der Waals surface area contributed by atoms with Crippen molar-refractivity contribution in [2.75, 3.05) is 13.1 Å². The monoisotopic (exact) mass is 371 g/mol. The van der Waals surface area contributed by atoms with Gasteiger partial charge in [0.1, 0.15) is 11.4 Å². The molecule has 2 saturated heterocycles. The summed E-state index contributed by atoms with van der Waals surface area (Å²) in [5, 5.41) is 0. The second-order valence-electron chi connectivity index (χ2n) is 8.87. The fraction of sp³-hybridized carbons (Fsp3) is 0.600. The maximum Gasteiger partial charge on any atom is 0.494 e. The van der Waals surface area contributed by atoms with E-state index in [9.17, 15) is 9.59 Å². The van der Waals surface area contributed by atoms with Crippen molar-refractivity contribution < 1.29 is 23.6 Å². The summed E-state index contributed by atoms with van der Waals surface area (Å²) >= 11 is 0. The zero-order valence-electron chi connectivity index (χ0n) is 16.4. The van der Waals surface area contributed by atoms with Gasteiger partial charge in [0, 0.05) is 25.9 Å². The highest BCUT2D eigenvalue weighted by Gasteiger charge is 2.52. The molecule has 3 aliphatic heterocycles. The molecule has 0 atom stereocenters. The quantitative estimate of drug-likeness (QED) is 0.587. The van der Waals surface area contributed by atoms with Crippen molar-refractivity contribution in [2.24, 2.45) is 0 Å². The number of carbonyl (C=O) groups is 2. The molecule has 0 bridgehead atoms. The minimum Gasteiger partial charge on any atom is -0.486 e. The number of rotatable bonds is 2. The molecule has 27 heavy (non-hydrogen) atoms. The number of ketones is 1. The molecule has 0 aliphatic carbocycles. The predicted octanol–water partition coefficient (Wildman–Crippen LogP) is 1.94. The molecule has 6 nitrogen and oxygen atoms in total. The average molecular weight is 371 g/mol. The second-order valence-corrected chi connectivity index (χ2v) is 8.87. The van der Waals surface area contributed by atoms with Crippen LogP contribution in [0.15, 0.2) is 18.2 Å². The van der Waals surface area contributed by atoms with Crippen molar-refractivity contribution in [3.63, 3.8) is 0 Å². The van der Waals surface area contributed by atoms with Crippen LogP contribution < -0.4 is 10.2 Å². The third kappa shape index (κ3) is 3.07. The Bertz CT molecular complexity index is 767. The average Bonchev–Trinajstić information content (AvgIpc) is 2.83. The molecule has 7 heteroatoms. The van der Waals surface area contributed by atoms with Gasteiger partial charge in [0.25, 0.3) is 0 Å². The van der Waals surface area contributed by atoms with Gasteiger partial charge in [0.2, 0.25) is 6.41 Å². The first-order valence-corrected chi connectivity index (χ1v) is 9.56. The predicted molar refractivity (Wildman–Crippen MR) is 101 cm³/mol. The molecule has 144 valence electrons. The Morgan fingerprint density at radius 2 is 1.70 bits per heavy atom. The van der Waals surface area contributed by atoms with Crippen molar-refractivity contribution >= 4 is 24.8 Å². The van der Waals surface area contributed by atoms with Crippen molar-refractivity contribution in [3.8, 4) is 5.75 Å². The number of hydrogen-bond acceptors (Lipinski definition) is 5. The number of carbonyl (C=O) groups excluding carboxylic acids is 2. The molecule has 1 aromatic carbocycles. The van der Waals surface area contributed by atoms with E-state index >= 15 is 0 Å². The van der Waals surface area contributed by atoms with Crippen LogP contribution in [0.5, 0.6) is 5.75 Å². The SMILES string of the molecule is CC1(C)OB(c2ccc3c(c2)C(=O)CC2(CCN(C=O)CC2)O3)OC1(C)C. The van der Waals surface area contributed by atoms with Gasteiger partial charge in [-0.25, -0.2) is 0 Å². The topological polar surface area (TPSA) is 65.1 Å². The maximum absolute atomic E-state index is 12.9. The van der Waals surface area contributed by atoms with E-state index in [2.05, 4.69) is 0 Å². The number of fused-ring (bicyclic) bond motifs is 1. The van der Waals surface area contributed by atoms with Gasteiger partial charge in [-0.15, -0.1) is 0 Å². The molecule has 0 N–H and O–H groups in total. The molecule has 4 rings (SSSR count). The van der Waals surface area contributed by atoms with E-state index in [1.165, 1.54) is 0 Å². The number of ether oxygens (including phenoxy) is 1. The van der Waals surface area contributed by atoms with Crippen LogP contribution in [0.1, 0.15) is 57.3 Å². The van der Waals surface area contributed by atoms with E-state index in [1.807, 2.05) is 45.9 Å². The lowest BCUT2D eigenvalue weighted by molar-refractivity contribution is -0.121. The third-order valence-corrected chi connectivity index (χ3v) is 6.50. The number of hydrogen-bond donors (Lipinski definition) is 0. The van der Waals surface area contributed by atoms with E-state index in [4.69, 9.17) is 14.0 Å². The van der Waals surface area contributed by atoms with Crippen LogP contribution in [0.25, 0.3) is 0 Å². The van der Waals surface area contributed by atoms with Crippen LogP contribution >= 0.6 is 0 Å². The molecule has 3 aliphatic rings. The fourth-order valence-electron chi connectivity index (χ4n) is 3.95. The Kier molecular flexibility index (Phi) is 4.16. The van der Waals surface area contributed by atoms with Gasteiger partial charge >= 0.3 is 7.12 Å². The molecule has 3 heterocycles. The van der Waals surface area contributed by atoms with Gasteiger partial charge in [-0.1, -0.05) is 6.07 Å². The van der Waals surface area contributed by atoms with E-state index < -0.39 is 23.9 Å². The number of benzene rings is 1. The summed E-state index contributed by atoms with van der Waals surface area (Å²) < 4.78 is 18.5. The zero-order valence-corrected chi connectivity index (χ0v) is 16.4. The lowest BCUT2D eigenvalue weighted by Gasteiger charge is -2.43. The number of likely N-dealkylation sites (tertiary alicyclic amines) is 1. The Morgan fingerprint density at radius 3 is 2.30 bits per heavy atom. The first-order valence-electron chi connectivity index (χ1n) is 9.56. The van der Waals surface area contributed by atoms with Gasteiger partial charge in [0.15, 0.2) is 5.78 Å². The minimum absolute atomic E-state index is 0.0779. The Balaban J connectivity index is 1.57. The summed E-state index contributed by atoms with van der Waals surface area (Å²) in [5.41, 5.74) is 0.0758. The first kappa shape index (κ1) is 18.5. The maximum atomic E-state index is 12.9. The van der Waals surface area contributed by atoms with E-state index in [0.29, 0.717) is 43.7 Å². The zero-order chi connectivity index (χ0) is 19.4. The molecule has 1 amide bonds. The summed E-state index contributed by atoms with van der Waals surface area (Å²) in [6.45, 7) is 9.28. The molecule has 1 spiro atoms. The van der Waals surface area contributed by atoms with Crippen LogP contribution in [0.2, 0.25) is 0 Å². The fourth-order valence-corrected chi connectivity index (χ4v) is 3.95. The molecule has 0 aromatic heterocycles. The van der Waals surface area contributed by atoms with Gasteiger partial charge < -0.3 is 18.9 Å². The van der Waals surface area contributed by atoms with Crippen LogP contribution in [0.4, 0.5) is 0 Å². The number of piperidine rings is 1. The lowest BCUT2D eigenvalue weighted by atomic mass is 9.76. The summed E-state index contributed by atoms with van der Waals surface area (Å²) in [4.78, 5) is 25.6. The van der Waals surface area contributed by atoms with Crippen molar-refractivity contribution in [1.29, 1.82) is 0 Å². The van der Waals surface area contributed by atoms with Crippen molar-refractivity contribution in [1.82, 2.24) is 4.90 Å². The number of Topliss-reactive ketones (excluding diaryl/α,β-unsaturated/α-hetero) is 1. The van der Waals surface area contributed by atoms with Crippen LogP contribution in [-0.2, 0) is 14.1 Å². The summed E-state index contributed by atoms with van der Waals surface area (Å²) in [7, 11) is -0.500. The van der Waals surface area contributed by atoms with Gasteiger partial charge in [-0.2, -0.15) is 0 Å². The molecule has 2 fully saturated rings. The number of amides is 1. The summed E-state index contributed by atoms with van der Waals surface area (Å²) in [5.74, 6) is 0.695. The standard InChI is InChI=1S/C20H26BNO5/c1-18(2)19(3,4)27-21(26-18)14-5-6-17-15(11-14)16(24)12-20(25-17)7-9-22(13-23)10-8-20/h5-6,11,13H,7-10,12H2,1-4H3. The minimum atomic E-state index is -0.500. The molecule has 0 saturated carbocycles. The molecule has 0 unspecified atom stereocenters. The smallest absolute Gasteiger partial charge is 0.486 e. The Hall–Kier alpha value is -1.86. The van der Waals surface area contributed by atoms with Crippen molar-refractivity contribution in [2.45, 2.75) is 63.8 Å². The lowest BCUT2D eigenvalue weighted by Crippen LogP contribution is -2.51. The normalized spacial score (nSPS) is 25.3. The van der Waals surface area contributed by atoms with Crippen LogP contribution in [0.3, 0.4) is 0 Å². The van der Waals surface area contributed by atoms with Crippen molar-refractivity contribution in [3.05, 3.63) is 23.8 Å². The molecule has 1 aromatic rings. The molecular formula is C20H26BNO5. The summed E-state index contributed by atoms with van der Waals surface area (Å²) in [6.07, 6.45) is 2.56. The van der Waals surface area contributed by atoms with Crippen LogP contribution in [-0.4, -0.2) is 54.1 Å². The highest BCUT2D eigenvalue weighted by molar-refractivity contribution is 6.62. The number of nitrogens with zero attached hydrogens (tertiary/aromatic N) is 1. The molecular weight excluding hydrogens is 345 g/mol. The van der Waals surface area contributed by atoms with E-state index in [0.717, 1.165) is 11.9 Å². The Morgan fingerprint density at radius 1 is 1.07 bits per heavy atom. The van der Waals surface area contributed by atoms with E-state index in [1.54, 1.807) is 4.90 Å². The second kappa shape index (κ2) is 6.07. The highest BCUT2D eigenvalue weighted by Crippen LogP contribution is 2.40. The summed E-state index contributed by atoms with van der Waals surface area (Å²) in [6, 6.07) is 5.60. The van der Waals surface area contributed by atoms with Gasteiger partial charge in [0.05, 0.1) is 23.2 Å². The third-order valence-electron chi connectivity index (χ3n) is 6.50. The van der Waals surface area contributed by atoms with Crippen LogP contribution in [0, 0.1) is 0 Å². The molecule has 0 radical (unpaired) electrons. The Labute approximate surface area is 160 Å². The van der Waals surface area contributed by atoms with Gasteiger partial charge in [-0.05, 0) is 45.3 Å². The first-order chi connectivity index (χ1) is 12.6. The highest BCUT2D eigenvalue weighted by atomic mass is 16.7. The largest absolute Gasteiger partial charge is 0.494 e. The van der Waals surface area contributed by atoms with Gasteiger partial charge in [-0.3, -0.25) is 9.59 Å².